The molecule has 4 aromatic carbocycles. The number of alkyl halides is 3. The van der Waals surface area contributed by atoms with Crippen molar-refractivity contribution in [2.45, 2.75) is 5.51 Å². The zero-order valence-electron chi connectivity index (χ0n) is 15.7. The third-order valence-corrected chi connectivity index (χ3v) is 6.00. The van der Waals surface area contributed by atoms with Crippen LogP contribution in [0.15, 0.2) is 83.3 Å². The molecule has 0 unspecified atom stereocenters. The fourth-order valence-corrected chi connectivity index (χ4v) is 4.18. The maximum absolute atomic E-state index is 12.9. The summed E-state index contributed by atoms with van der Waals surface area (Å²) < 4.78 is 72.5. The Kier molecular flexibility index (Phi) is 4.23. The molecule has 0 radical (unpaired) electrons. The normalized spacial score (nSPS) is 12.6. The van der Waals surface area contributed by atoms with E-state index in [4.69, 9.17) is 4.42 Å². The van der Waals surface area contributed by atoms with Crippen LogP contribution >= 0.6 is 0 Å². The average molecular weight is 442 g/mol. The molecule has 31 heavy (non-hydrogen) atoms. The SMILES string of the molecule is O=S(=O)(Oc1cccc2oc3c4ccccc4c(-c4ccccc4)cc3c12)C(F)(F)F. The molecule has 4 nitrogen and oxygen atoms in total. The second-order valence-electron chi connectivity index (χ2n) is 6.93. The Morgan fingerprint density at radius 2 is 1.45 bits per heavy atom. The standard InChI is InChI=1S/C23H13F3O4S/c24-23(25,26)31(27,28)30-20-12-6-11-19-21(20)18-13-17(14-7-2-1-3-8-14)15-9-4-5-10-16(15)22(18)29-19/h1-13H. The van der Waals surface area contributed by atoms with E-state index in [1.165, 1.54) is 12.1 Å². The third kappa shape index (κ3) is 3.11. The van der Waals surface area contributed by atoms with Crippen LogP contribution < -0.4 is 4.18 Å². The number of benzene rings is 4. The van der Waals surface area contributed by atoms with Crippen molar-refractivity contribution in [2.75, 3.05) is 0 Å². The van der Waals surface area contributed by atoms with E-state index in [1.807, 2.05) is 54.6 Å². The van der Waals surface area contributed by atoms with Crippen LogP contribution in [0, 0.1) is 0 Å². The molecule has 0 atom stereocenters. The van der Waals surface area contributed by atoms with Gasteiger partial charge in [0, 0.05) is 10.8 Å². The van der Waals surface area contributed by atoms with Gasteiger partial charge in [0.25, 0.3) is 0 Å². The van der Waals surface area contributed by atoms with Gasteiger partial charge in [0.2, 0.25) is 0 Å². The van der Waals surface area contributed by atoms with Crippen molar-refractivity contribution in [1.82, 2.24) is 0 Å². The molecule has 5 rings (SSSR count). The van der Waals surface area contributed by atoms with E-state index >= 15 is 0 Å². The summed E-state index contributed by atoms with van der Waals surface area (Å²) in [6.45, 7) is 0. The zero-order valence-corrected chi connectivity index (χ0v) is 16.5. The topological polar surface area (TPSA) is 56.5 Å². The monoisotopic (exact) mass is 442 g/mol. The van der Waals surface area contributed by atoms with Crippen molar-refractivity contribution in [3.63, 3.8) is 0 Å². The Morgan fingerprint density at radius 1 is 0.774 bits per heavy atom. The van der Waals surface area contributed by atoms with Crippen molar-refractivity contribution >= 4 is 42.8 Å². The van der Waals surface area contributed by atoms with Gasteiger partial charge < -0.3 is 8.60 Å². The number of fused-ring (bicyclic) bond motifs is 5. The van der Waals surface area contributed by atoms with Crippen LogP contribution in [0.3, 0.4) is 0 Å². The zero-order chi connectivity index (χ0) is 21.8. The van der Waals surface area contributed by atoms with Crippen LogP contribution in [-0.4, -0.2) is 13.9 Å². The van der Waals surface area contributed by atoms with Crippen molar-refractivity contribution < 1.29 is 30.2 Å². The lowest BCUT2D eigenvalue weighted by molar-refractivity contribution is -0.0499. The Morgan fingerprint density at radius 3 is 2.16 bits per heavy atom. The minimum atomic E-state index is -5.84. The average Bonchev–Trinajstić information content (AvgIpc) is 3.12. The molecule has 0 N–H and O–H groups in total. The molecule has 0 saturated carbocycles. The Hall–Kier alpha value is -3.52. The second-order valence-corrected chi connectivity index (χ2v) is 8.46. The van der Waals surface area contributed by atoms with Gasteiger partial charge in [-0.1, -0.05) is 60.7 Å². The van der Waals surface area contributed by atoms with Crippen molar-refractivity contribution in [2.24, 2.45) is 0 Å². The molecule has 8 heteroatoms. The fourth-order valence-electron chi connectivity index (χ4n) is 3.71. The van der Waals surface area contributed by atoms with E-state index in [2.05, 4.69) is 4.18 Å². The lowest BCUT2D eigenvalue weighted by Crippen LogP contribution is -2.28. The Bertz CT molecular complexity index is 1550. The molecule has 0 fully saturated rings. The summed E-state index contributed by atoms with van der Waals surface area (Å²) in [5.74, 6) is -0.442. The van der Waals surface area contributed by atoms with Crippen LogP contribution in [0.1, 0.15) is 0 Å². The summed E-state index contributed by atoms with van der Waals surface area (Å²) in [6.07, 6.45) is 0. The molecule has 0 bridgehead atoms. The van der Waals surface area contributed by atoms with E-state index in [0.717, 1.165) is 21.9 Å². The second kappa shape index (κ2) is 6.75. The summed E-state index contributed by atoms with van der Waals surface area (Å²) in [7, 11) is -5.84. The fraction of sp³-hybridized carbons (Fsp3) is 0.0435. The van der Waals surface area contributed by atoms with Crippen molar-refractivity contribution in [1.29, 1.82) is 0 Å². The highest BCUT2D eigenvalue weighted by molar-refractivity contribution is 7.88. The molecule has 1 aromatic heterocycles. The summed E-state index contributed by atoms with van der Waals surface area (Å²) >= 11 is 0. The predicted octanol–water partition coefficient (Wildman–Crippen LogP) is 6.63. The minimum absolute atomic E-state index is 0.160. The Balaban J connectivity index is 1.87. The lowest BCUT2D eigenvalue weighted by Gasteiger charge is -2.11. The highest BCUT2D eigenvalue weighted by Crippen LogP contribution is 2.43. The van der Waals surface area contributed by atoms with Crippen molar-refractivity contribution in [3.05, 3.63) is 78.9 Å². The summed E-state index contributed by atoms with van der Waals surface area (Å²) in [4.78, 5) is 0. The first-order chi connectivity index (χ1) is 14.8. The quantitative estimate of drug-likeness (QED) is 0.232. The first-order valence-corrected chi connectivity index (χ1v) is 10.6. The van der Waals surface area contributed by atoms with Gasteiger partial charge >= 0.3 is 15.6 Å². The molecule has 5 aromatic rings. The number of rotatable bonds is 3. The predicted molar refractivity (Wildman–Crippen MR) is 112 cm³/mol. The van der Waals surface area contributed by atoms with E-state index in [-0.39, 0.29) is 11.0 Å². The van der Waals surface area contributed by atoms with E-state index < -0.39 is 21.4 Å². The first-order valence-electron chi connectivity index (χ1n) is 9.19. The van der Waals surface area contributed by atoms with Gasteiger partial charge in [-0.05, 0) is 34.7 Å². The van der Waals surface area contributed by atoms with Crippen LogP contribution in [-0.2, 0) is 10.1 Å². The third-order valence-electron chi connectivity index (χ3n) is 5.03. The molecule has 0 aliphatic heterocycles. The number of hydrogen-bond donors (Lipinski definition) is 0. The molecule has 0 aliphatic rings. The first kappa shape index (κ1) is 19.4. The van der Waals surface area contributed by atoms with Gasteiger partial charge in [0.05, 0.1) is 5.39 Å². The van der Waals surface area contributed by atoms with Crippen LogP contribution in [0.2, 0.25) is 0 Å². The largest absolute Gasteiger partial charge is 0.534 e. The summed E-state index contributed by atoms with van der Waals surface area (Å²) in [5, 5.41) is 2.26. The number of furan rings is 1. The van der Waals surface area contributed by atoms with Crippen LogP contribution in [0.4, 0.5) is 13.2 Å². The minimum Gasteiger partial charge on any atom is -0.455 e. The molecule has 0 saturated heterocycles. The van der Waals surface area contributed by atoms with Gasteiger partial charge in [-0.3, -0.25) is 0 Å². The molecule has 0 amide bonds. The Labute approximate surface area is 174 Å². The van der Waals surface area contributed by atoms with Gasteiger partial charge in [0.1, 0.15) is 11.2 Å². The maximum Gasteiger partial charge on any atom is 0.534 e. The van der Waals surface area contributed by atoms with E-state index in [1.54, 1.807) is 12.1 Å². The lowest BCUT2D eigenvalue weighted by atomic mass is 9.95. The number of hydrogen-bond acceptors (Lipinski definition) is 4. The van der Waals surface area contributed by atoms with E-state index in [0.29, 0.717) is 11.0 Å². The van der Waals surface area contributed by atoms with Crippen molar-refractivity contribution in [3.8, 4) is 16.9 Å². The highest BCUT2D eigenvalue weighted by Gasteiger charge is 2.48. The molecule has 156 valence electrons. The molecular formula is C23H13F3O4S. The number of halogens is 3. The smallest absolute Gasteiger partial charge is 0.455 e. The molecular weight excluding hydrogens is 429 g/mol. The maximum atomic E-state index is 12.9. The summed E-state index contributed by atoms with van der Waals surface area (Å²) in [5.41, 5.74) is -3.15. The van der Waals surface area contributed by atoms with Gasteiger partial charge in [-0.15, -0.1) is 0 Å². The van der Waals surface area contributed by atoms with Crippen LogP contribution in [0.5, 0.6) is 5.75 Å². The van der Waals surface area contributed by atoms with Gasteiger partial charge in [0.15, 0.2) is 5.75 Å². The van der Waals surface area contributed by atoms with Gasteiger partial charge in [-0.2, -0.15) is 21.6 Å². The molecule has 0 aliphatic carbocycles. The molecule has 0 spiro atoms. The summed E-state index contributed by atoms with van der Waals surface area (Å²) in [6, 6.07) is 22.9. The highest BCUT2D eigenvalue weighted by atomic mass is 32.2. The van der Waals surface area contributed by atoms with Crippen LogP contribution in [0.25, 0.3) is 43.8 Å². The molecule has 1 heterocycles. The van der Waals surface area contributed by atoms with E-state index in [9.17, 15) is 21.6 Å². The van der Waals surface area contributed by atoms with Gasteiger partial charge in [-0.25, -0.2) is 0 Å².